The molecule has 1 unspecified atom stereocenters. The standard InChI is InChI=1S/C13H24N2S2/c1-6-14-12(8-16-9(2)3)7-13-15-10(4)11(5)17-13/h9,12,14H,6-8H2,1-5H3. The van der Waals surface area contributed by atoms with E-state index in [1.54, 1.807) is 0 Å². The van der Waals surface area contributed by atoms with Crippen LogP contribution in [0.5, 0.6) is 0 Å². The van der Waals surface area contributed by atoms with Gasteiger partial charge in [-0.25, -0.2) is 4.98 Å². The minimum atomic E-state index is 0.553. The first kappa shape index (κ1) is 15.0. The summed E-state index contributed by atoms with van der Waals surface area (Å²) in [4.78, 5) is 5.98. The smallest absolute Gasteiger partial charge is 0.0946 e. The average molecular weight is 272 g/mol. The molecule has 1 N–H and O–H groups in total. The fraction of sp³-hybridized carbons (Fsp3) is 0.769. The van der Waals surface area contributed by atoms with Crippen LogP contribution in [0.15, 0.2) is 0 Å². The quantitative estimate of drug-likeness (QED) is 0.823. The number of thiazole rings is 1. The van der Waals surface area contributed by atoms with Crippen LogP contribution in [0.4, 0.5) is 0 Å². The van der Waals surface area contributed by atoms with Gasteiger partial charge < -0.3 is 5.32 Å². The van der Waals surface area contributed by atoms with E-state index >= 15 is 0 Å². The minimum Gasteiger partial charge on any atom is -0.313 e. The highest BCUT2D eigenvalue weighted by molar-refractivity contribution is 7.99. The summed E-state index contributed by atoms with van der Waals surface area (Å²) in [6.45, 7) is 12.0. The number of thioether (sulfide) groups is 1. The Balaban J connectivity index is 2.53. The molecular weight excluding hydrogens is 248 g/mol. The maximum atomic E-state index is 4.63. The van der Waals surface area contributed by atoms with E-state index in [2.05, 4.69) is 44.9 Å². The summed E-state index contributed by atoms with van der Waals surface area (Å²) in [5.74, 6) is 1.17. The Morgan fingerprint density at radius 2 is 2.06 bits per heavy atom. The molecule has 1 atom stereocenters. The van der Waals surface area contributed by atoms with Gasteiger partial charge in [0.05, 0.1) is 10.7 Å². The van der Waals surface area contributed by atoms with Gasteiger partial charge in [-0.2, -0.15) is 11.8 Å². The van der Waals surface area contributed by atoms with Gasteiger partial charge in [-0.3, -0.25) is 0 Å². The number of nitrogens with zero attached hydrogens (tertiary/aromatic N) is 1. The zero-order valence-electron chi connectivity index (χ0n) is 11.5. The van der Waals surface area contributed by atoms with Crippen molar-refractivity contribution in [3.05, 3.63) is 15.6 Å². The van der Waals surface area contributed by atoms with Gasteiger partial charge in [0.15, 0.2) is 0 Å². The SMILES string of the molecule is CCNC(CSC(C)C)Cc1nc(C)c(C)s1. The number of hydrogen-bond donors (Lipinski definition) is 1. The molecule has 1 aromatic heterocycles. The van der Waals surface area contributed by atoms with Crippen molar-refractivity contribution in [3.63, 3.8) is 0 Å². The van der Waals surface area contributed by atoms with Crippen LogP contribution < -0.4 is 5.32 Å². The average Bonchev–Trinajstić information content (AvgIpc) is 2.55. The van der Waals surface area contributed by atoms with Crippen LogP contribution >= 0.6 is 23.1 Å². The molecule has 0 aliphatic rings. The number of aromatic nitrogens is 1. The highest BCUT2D eigenvalue weighted by Crippen LogP contribution is 2.19. The van der Waals surface area contributed by atoms with Gasteiger partial charge in [0, 0.05) is 23.1 Å². The molecule has 4 heteroatoms. The Labute approximate surface area is 114 Å². The summed E-state index contributed by atoms with van der Waals surface area (Å²) < 4.78 is 0. The summed E-state index contributed by atoms with van der Waals surface area (Å²) in [5, 5.41) is 5.54. The fourth-order valence-electron chi connectivity index (χ4n) is 1.62. The minimum absolute atomic E-state index is 0.553. The summed E-state index contributed by atoms with van der Waals surface area (Å²) in [7, 11) is 0. The van der Waals surface area contributed by atoms with Crippen molar-refractivity contribution in [2.75, 3.05) is 12.3 Å². The highest BCUT2D eigenvalue weighted by atomic mass is 32.2. The van der Waals surface area contributed by atoms with Gasteiger partial charge in [-0.05, 0) is 25.6 Å². The molecule has 0 bridgehead atoms. The van der Waals surface area contributed by atoms with Crippen LogP contribution in [0.3, 0.4) is 0 Å². The second-order valence-electron chi connectivity index (χ2n) is 4.59. The summed E-state index contributed by atoms with van der Waals surface area (Å²) in [5.41, 5.74) is 1.19. The maximum absolute atomic E-state index is 4.63. The van der Waals surface area contributed by atoms with E-state index in [-0.39, 0.29) is 0 Å². The maximum Gasteiger partial charge on any atom is 0.0946 e. The third-order valence-corrected chi connectivity index (χ3v) is 4.97. The molecular formula is C13H24N2S2. The van der Waals surface area contributed by atoms with E-state index in [0.29, 0.717) is 11.3 Å². The number of aryl methyl sites for hydroxylation is 2. The molecule has 0 saturated heterocycles. The van der Waals surface area contributed by atoms with Crippen LogP contribution in [0.25, 0.3) is 0 Å². The lowest BCUT2D eigenvalue weighted by Crippen LogP contribution is -2.33. The second-order valence-corrected chi connectivity index (χ2v) is 7.49. The van der Waals surface area contributed by atoms with E-state index in [9.17, 15) is 0 Å². The normalized spacial score (nSPS) is 13.3. The Bertz CT molecular complexity index is 315. The third-order valence-electron chi connectivity index (χ3n) is 2.62. The predicted octanol–water partition coefficient (Wildman–Crippen LogP) is 3.42. The Morgan fingerprint density at radius 3 is 2.53 bits per heavy atom. The first-order valence-corrected chi connectivity index (χ1v) is 8.17. The Kier molecular flexibility index (Phi) is 6.52. The van der Waals surface area contributed by atoms with E-state index in [1.807, 2.05) is 23.1 Å². The Hall–Kier alpha value is -0.0600. The third kappa shape index (κ3) is 5.40. The first-order valence-electron chi connectivity index (χ1n) is 6.30. The van der Waals surface area contributed by atoms with Crippen molar-refractivity contribution >= 4 is 23.1 Å². The molecule has 0 saturated carbocycles. The fourth-order valence-corrected chi connectivity index (χ4v) is 3.49. The van der Waals surface area contributed by atoms with Crippen molar-refractivity contribution in [3.8, 4) is 0 Å². The largest absolute Gasteiger partial charge is 0.313 e. The zero-order valence-corrected chi connectivity index (χ0v) is 13.2. The van der Waals surface area contributed by atoms with E-state index in [4.69, 9.17) is 0 Å². The number of nitrogens with one attached hydrogen (secondary N) is 1. The molecule has 0 radical (unpaired) electrons. The zero-order chi connectivity index (χ0) is 12.8. The molecule has 1 rings (SSSR count). The second kappa shape index (κ2) is 7.39. The van der Waals surface area contributed by atoms with Gasteiger partial charge in [0.2, 0.25) is 0 Å². The molecule has 1 heterocycles. The van der Waals surface area contributed by atoms with E-state index in [0.717, 1.165) is 13.0 Å². The topological polar surface area (TPSA) is 24.9 Å². The van der Waals surface area contributed by atoms with E-state index in [1.165, 1.54) is 21.3 Å². The lowest BCUT2D eigenvalue weighted by atomic mass is 10.2. The summed E-state index contributed by atoms with van der Waals surface area (Å²) in [6, 6.07) is 0.553. The van der Waals surface area contributed by atoms with Crippen molar-refractivity contribution in [2.24, 2.45) is 0 Å². The number of rotatable bonds is 7. The van der Waals surface area contributed by atoms with Crippen molar-refractivity contribution in [2.45, 2.75) is 52.3 Å². The summed E-state index contributed by atoms with van der Waals surface area (Å²) in [6.07, 6.45) is 1.06. The molecule has 0 aliphatic heterocycles. The molecule has 17 heavy (non-hydrogen) atoms. The lowest BCUT2D eigenvalue weighted by Gasteiger charge is -2.17. The van der Waals surface area contributed by atoms with Crippen LogP contribution in [0, 0.1) is 13.8 Å². The van der Waals surface area contributed by atoms with Crippen molar-refractivity contribution < 1.29 is 0 Å². The molecule has 2 nitrogen and oxygen atoms in total. The van der Waals surface area contributed by atoms with E-state index < -0.39 is 0 Å². The van der Waals surface area contributed by atoms with Gasteiger partial charge in [-0.15, -0.1) is 11.3 Å². The lowest BCUT2D eigenvalue weighted by molar-refractivity contribution is 0.570. The molecule has 0 aromatic carbocycles. The summed E-state index contributed by atoms with van der Waals surface area (Å²) >= 11 is 3.87. The predicted molar refractivity (Wildman–Crippen MR) is 80.4 cm³/mol. The number of likely N-dealkylation sites (N-methyl/N-ethyl adjacent to an activating group) is 1. The van der Waals surface area contributed by atoms with Crippen molar-refractivity contribution in [1.29, 1.82) is 0 Å². The van der Waals surface area contributed by atoms with Crippen LogP contribution in [-0.2, 0) is 6.42 Å². The van der Waals surface area contributed by atoms with Gasteiger partial charge in [0.1, 0.15) is 0 Å². The van der Waals surface area contributed by atoms with Crippen LogP contribution in [0.2, 0.25) is 0 Å². The molecule has 0 aliphatic carbocycles. The van der Waals surface area contributed by atoms with Gasteiger partial charge in [-0.1, -0.05) is 20.8 Å². The molecule has 0 spiro atoms. The molecule has 98 valence electrons. The van der Waals surface area contributed by atoms with Crippen LogP contribution in [0.1, 0.15) is 36.3 Å². The molecule has 0 amide bonds. The van der Waals surface area contributed by atoms with Crippen molar-refractivity contribution in [1.82, 2.24) is 10.3 Å². The first-order chi connectivity index (χ1) is 8.02. The Morgan fingerprint density at radius 1 is 1.35 bits per heavy atom. The molecule has 1 aromatic rings. The highest BCUT2D eigenvalue weighted by Gasteiger charge is 2.13. The van der Waals surface area contributed by atoms with Gasteiger partial charge in [0.25, 0.3) is 0 Å². The van der Waals surface area contributed by atoms with Crippen LogP contribution in [-0.4, -0.2) is 28.6 Å². The number of hydrogen-bond acceptors (Lipinski definition) is 4. The molecule has 0 fully saturated rings. The van der Waals surface area contributed by atoms with Gasteiger partial charge >= 0.3 is 0 Å². The monoisotopic (exact) mass is 272 g/mol.